The van der Waals surface area contributed by atoms with Crippen molar-refractivity contribution in [2.75, 3.05) is 32.2 Å². The van der Waals surface area contributed by atoms with Crippen molar-refractivity contribution in [1.82, 2.24) is 15.5 Å². The van der Waals surface area contributed by atoms with Crippen LogP contribution in [0.25, 0.3) is 0 Å². The molecule has 1 aromatic carbocycles. The molecule has 0 saturated heterocycles. The van der Waals surface area contributed by atoms with E-state index in [1.165, 1.54) is 12.0 Å². The Kier molecular flexibility index (Phi) is 14.1. The van der Waals surface area contributed by atoms with Crippen molar-refractivity contribution >= 4 is 35.6 Å². The summed E-state index contributed by atoms with van der Waals surface area (Å²) in [5.74, 6) is -0.841. The molecule has 1 rings (SSSR count). The summed E-state index contributed by atoms with van der Waals surface area (Å²) in [5.41, 5.74) is 0.750. The first-order valence-corrected chi connectivity index (χ1v) is 14.0. The number of hydrogen-bond donors (Lipinski definition) is 2. The van der Waals surface area contributed by atoms with Crippen LogP contribution in [0.15, 0.2) is 24.3 Å². The van der Waals surface area contributed by atoms with E-state index in [1.807, 2.05) is 31.4 Å². The van der Waals surface area contributed by atoms with Crippen LogP contribution in [-0.2, 0) is 23.9 Å². The first kappa shape index (κ1) is 32.3. The molecule has 0 aromatic heterocycles. The summed E-state index contributed by atoms with van der Waals surface area (Å²) in [6, 6.07) is 5.46. The smallest absolute Gasteiger partial charge is 0.408 e. The number of hydrogen-bond acceptors (Lipinski definition) is 7. The lowest BCUT2D eigenvalue weighted by molar-refractivity contribution is -0.144. The molecule has 3 amide bonds. The monoisotopic (exact) mass is 537 g/mol. The van der Waals surface area contributed by atoms with Gasteiger partial charge in [0.25, 0.3) is 0 Å². The number of carbonyl (C=O) groups is 4. The predicted octanol–water partition coefficient (Wildman–Crippen LogP) is 3.99. The molecule has 1 aromatic rings. The molecule has 9 nitrogen and oxygen atoms in total. The second kappa shape index (κ2) is 16.2. The number of aryl methyl sites for hydroxylation is 1. The maximum atomic E-state index is 14.0. The molecule has 2 unspecified atom stereocenters. The van der Waals surface area contributed by atoms with Gasteiger partial charge in [0, 0.05) is 6.54 Å². The van der Waals surface area contributed by atoms with E-state index in [4.69, 9.17) is 4.74 Å². The van der Waals surface area contributed by atoms with E-state index >= 15 is 0 Å². The lowest BCUT2D eigenvalue weighted by Gasteiger charge is -2.35. The zero-order chi connectivity index (χ0) is 28.0. The summed E-state index contributed by atoms with van der Waals surface area (Å²) < 4.78 is 10.1. The third-order valence-electron chi connectivity index (χ3n) is 5.56. The average Bonchev–Trinajstić information content (AvgIpc) is 2.83. The normalized spacial score (nSPS) is 12.7. The Morgan fingerprint density at radius 2 is 1.78 bits per heavy atom. The van der Waals surface area contributed by atoms with E-state index in [9.17, 15) is 19.2 Å². The number of methoxy groups -OCH3 is 1. The molecule has 0 spiro atoms. The average molecular weight is 538 g/mol. The van der Waals surface area contributed by atoms with Crippen LogP contribution in [0, 0.1) is 6.92 Å². The topological polar surface area (TPSA) is 114 Å². The number of nitrogens with one attached hydrogen (secondary N) is 2. The van der Waals surface area contributed by atoms with Crippen LogP contribution in [0.2, 0.25) is 0 Å². The Bertz CT molecular complexity index is 902. The molecule has 10 heteroatoms. The quantitative estimate of drug-likeness (QED) is 0.272. The molecule has 0 aliphatic heterocycles. The Balaban J connectivity index is 3.46. The van der Waals surface area contributed by atoms with Crippen LogP contribution >= 0.6 is 11.8 Å². The summed E-state index contributed by atoms with van der Waals surface area (Å²) in [6.45, 7) is 9.17. The van der Waals surface area contributed by atoms with E-state index in [1.54, 1.807) is 38.6 Å². The van der Waals surface area contributed by atoms with Gasteiger partial charge in [-0.05, 0) is 63.7 Å². The first-order chi connectivity index (χ1) is 17.4. The maximum Gasteiger partial charge on any atom is 0.408 e. The third kappa shape index (κ3) is 11.5. The van der Waals surface area contributed by atoms with E-state index < -0.39 is 35.7 Å². The van der Waals surface area contributed by atoms with Crippen LogP contribution in [0.5, 0.6) is 0 Å². The molecule has 2 N–H and O–H groups in total. The van der Waals surface area contributed by atoms with Crippen LogP contribution in [0.1, 0.15) is 70.5 Å². The summed E-state index contributed by atoms with van der Waals surface area (Å²) in [6.07, 6.45) is 4.07. The molecule has 0 aliphatic carbocycles. The molecule has 0 saturated carbocycles. The zero-order valence-corrected chi connectivity index (χ0v) is 24.0. The number of benzene rings is 1. The number of alkyl carbamates (subject to hydrolysis) is 1. The van der Waals surface area contributed by atoms with Gasteiger partial charge in [-0.2, -0.15) is 11.8 Å². The van der Waals surface area contributed by atoms with Gasteiger partial charge in [-0.15, -0.1) is 0 Å². The molecule has 0 fully saturated rings. The minimum Gasteiger partial charge on any atom is -0.468 e. The molecule has 0 bridgehead atoms. The number of nitrogens with zero attached hydrogens (tertiary/aromatic N) is 1. The minimum atomic E-state index is -0.993. The fourth-order valence-electron chi connectivity index (χ4n) is 3.71. The lowest BCUT2D eigenvalue weighted by Crippen LogP contribution is -2.53. The van der Waals surface area contributed by atoms with Crippen LogP contribution in [0.4, 0.5) is 4.79 Å². The van der Waals surface area contributed by atoms with Crippen LogP contribution < -0.4 is 10.6 Å². The molecule has 0 heterocycles. The second-order valence-corrected chi connectivity index (χ2v) is 10.8. The van der Waals surface area contributed by atoms with Gasteiger partial charge in [0.05, 0.1) is 7.11 Å². The first-order valence-electron chi connectivity index (χ1n) is 12.6. The van der Waals surface area contributed by atoms with Crippen molar-refractivity contribution in [2.45, 2.75) is 78.0 Å². The highest BCUT2D eigenvalue weighted by Crippen LogP contribution is 2.27. The van der Waals surface area contributed by atoms with Crippen molar-refractivity contribution in [3.63, 3.8) is 0 Å². The SMILES string of the molecule is CCCCCN(C(=O)C(CCSC)NC(=O)OC(C)(C)C)C(C(=O)NCC(=O)OC)c1ccccc1C. The number of unbranched alkanes of at least 4 members (excludes halogenated alkanes) is 2. The van der Waals surface area contributed by atoms with Gasteiger partial charge in [-0.25, -0.2) is 4.79 Å². The Hall–Kier alpha value is -2.75. The van der Waals surface area contributed by atoms with Gasteiger partial charge in [-0.3, -0.25) is 14.4 Å². The van der Waals surface area contributed by atoms with E-state index in [-0.39, 0.29) is 12.5 Å². The molecular weight excluding hydrogens is 494 g/mol. The van der Waals surface area contributed by atoms with Crippen molar-refractivity contribution in [1.29, 1.82) is 0 Å². The Morgan fingerprint density at radius 3 is 2.35 bits per heavy atom. The fourth-order valence-corrected chi connectivity index (χ4v) is 4.19. The van der Waals surface area contributed by atoms with E-state index in [2.05, 4.69) is 22.3 Å². The van der Waals surface area contributed by atoms with E-state index in [0.29, 0.717) is 30.7 Å². The molecule has 0 aliphatic rings. The van der Waals surface area contributed by atoms with Gasteiger partial charge in [0.2, 0.25) is 11.8 Å². The highest BCUT2D eigenvalue weighted by Gasteiger charge is 2.36. The molecule has 2 atom stereocenters. The highest BCUT2D eigenvalue weighted by molar-refractivity contribution is 7.98. The summed E-state index contributed by atoms with van der Waals surface area (Å²) in [7, 11) is 1.24. The number of esters is 1. The van der Waals surface area contributed by atoms with Crippen LogP contribution in [-0.4, -0.2) is 72.6 Å². The number of thioether (sulfide) groups is 1. The van der Waals surface area contributed by atoms with Crippen molar-refractivity contribution in [3.8, 4) is 0 Å². The lowest BCUT2D eigenvalue weighted by atomic mass is 9.97. The maximum absolute atomic E-state index is 14.0. The molecule has 0 radical (unpaired) electrons. The number of rotatable bonds is 14. The van der Waals surface area contributed by atoms with Gasteiger partial charge < -0.3 is 25.0 Å². The summed E-state index contributed by atoms with van der Waals surface area (Å²) >= 11 is 1.55. The molecule has 37 heavy (non-hydrogen) atoms. The standard InChI is InChI=1S/C27H43N3O6S/c1-8-9-12-16-30(25(33)21(15-17-37-7)29-26(34)36-27(3,4)5)23(20-14-11-10-13-19(20)2)24(32)28-18-22(31)35-6/h10-11,13-14,21,23H,8-9,12,15-18H2,1-7H3,(H,28,32)(H,29,34). The Labute approximate surface area is 225 Å². The molecular formula is C27H43N3O6S. The third-order valence-corrected chi connectivity index (χ3v) is 6.21. The van der Waals surface area contributed by atoms with Crippen molar-refractivity contribution in [3.05, 3.63) is 35.4 Å². The summed E-state index contributed by atoms with van der Waals surface area (Å²) in [5, 5.41) is 5.34. The predicted molar refractivity (Wildman–Crippen MR) is 146 cm³/mol. The van der Waals surface area contributed by atoms with Crippen molar-refractivity contribution in [2.24, 2.45) is 0 Å². The van der Waals surface area contributed by atoms with Gasteiger partial charge >= 0.3 is 12.1 Å². The summed E-state index contributed by atoms with van der Waals surface area (Å²) in [4.78, 5) is 53.4. The van der Waals surface area contributed by atoms with Gasteiger partial charge in [0.1, 0.15) is 24.2 Å². The highest BCUT2D eigenvalue weighted by atomic mass is 32.2. The molecule has 208 valence electrons. The van der Waals surface area contributed by atoms with Gasteiger partial charge in [-0.1, -0.05) is 44.0 Å². The van der Waals surface area contributed by atoms with Crippen LogP contribution in [0.3, 0.4) is 0 Å². The number of amides is 3. The minimum absolute atomic E-state index is 0.309. The largest absolute Gasteiger partial charge is 0.468 e. The van der Waals surface area contributed by atoms with Crippen molar-refractivity contribution < 1.29 is 28.7 Å². The number of ether oxygens (including phenoxy) is 2. The number of carbonyl (C=O) groups excluding carboxylic acids is 4. The van der Waals surface area contributed by atoms with E-state index in [0.717, 1.165) is 18.4 Å². The fraction of sp³-hybridized carbons (Fsp3) is 0.630. The second-order valence-electron chi connectivity index (χ2n) is 9.77. The zero-order valence-electron chi connectivity index (χ0n) is 23.2. The van der Waals surface area contributed by atoms with Gasteiger partial charge in [0.15, 0.2) is 0 Å². The Morgan fingerprint density at radius 1 is 1.11 bits per heavy atom.